The summed E-state index contributed by atoms with van der Waals surface area (Å²) < 4.78 is 0. The minimum absolute atomic E-state index is 0.131. The maximum absolute atomic E-state index is 11.7. The van der Waals surface area contributed by atoms with Crippen molar-refractivity contribution in [3.05, 3.63) is 0 Å². The van der Waals surface area contributed by atoms with Gasteiger partial charge in [0.25, 0.3) is 0 Å². The zero-order chi connectivity index (χ0) is 11.3. The van der Waals surface area contributed by atoms with Gasteiger partial charge in [0.15, 0.2) is 0 Å². The van der Waals surface area contributed by atoms with Crippen LogP contribution >= 0.6 is 0 Å². The van der Waals surface area contributed by atoms with Crippen LogP contribution in [0.2, 0.25) is 0 Å². The molecular formula is C12H24N2O. The molecule has 1 heterocycles. The van der Waals surface area contributed by atoms with Gasteiger partial charge in [0.2, 0.25) is 5.91 Å². The Labute approximate surface area is 93.0 Å². The van der Waals surface area contributed by atoms with Crippen LogP contribution in [0.3, 0.4) is 0 Å². The zero-order valence-corrected chi connectivity index (χ0v) is 10.2. The number of carbonyl (C=O) groups excluding carboxylic acids is 1. The number of piperidine rings is 1. The van der Waals surface area contributed by atoms with Crippen molar-refractivity contribution in [2.45, 2.75) is 52.5 Å². The number of amides is 1. The Balaban J connectivity index is 2.28. The Morgan fingerprint density at radius 2 is 2.27 bits per heavy atom. The van der Waals surface area contributed by atoms with Crippen molar-refractivity contribution in [1.29, 1.82) is 0 Å². The fourth-order valence-electron chi connectivity index (χ4n) is 1.81. The van der Waals surface area contributed by atoms with Crippen molar-refractivity contribution in [2.24, 2.45) is 5.41 Å². The lowest BCUT2D eigenvalue weighted by Gasteiger charge is -2.27. The second-order valence-electron chi connectivity index (χ2n) is 5.31. The first-order chi connectivity index (χ1) is 7.03. The third kappa shape index (κ3) is 4.65. The minimum Gasteiger partial charge on any atom is -0.352 e. The van der Waals surface area contributed by atoms with E-state index in [0.29, 0.717) is 12.5 Å². The molecule has 0 aliphatic carbocycles. The first-order valence-corrected chi connectivity index (χ1v) is 6.03. The summed E-state index contributed by atoms with van der Waals surface area (Å²) >= 11 is 0. The van der Waals surface area contributed by atoms with Crippen LogP contribution in [0, 0.1) is 5.41 Å². The number of nitrogens with one attached hydrogen (secondary N) is 2. The lowest BCUT2D eigenvalue weighted by Crippen LogP contribution is -2.46. The summed E-state index contributed by atoms with van der Waals surface area (Å²) in [6.07, 6.45) is 3.97. The number of rotatable bonds is 4. The second kappa shape index (κ2) is 5.50. The summed E-state index contributed by atoms with van der Waals surface area (Å²) in [5.74, 6) is 0.204. The fourth-order valence-corrected chi connectivity index (χ4v) is 1.81. The smallest absolute Gasteiger partial charge is 0.220 e. The summed E-state index contributed by atoms with van der Waals surface area (Å²) in [6, 6.07) is 0.346. The highest BCUT2D eigenvalue weighted by molar-refractivity contribution is 5.76. The molecule has 3 heteroatoms. The van der Waals surface area contributed by atoms with Crippen LogP contribution in [0.4, 0.5) is 0 Å². The Kier molecular flexibility index (Phi) is 4.58. The Hall–Kier alpha value is -0.570. The molecule has 15 heavy (non-hydrogen) atoms. The highest BCUT2D eigenvalue weighted by atomic mass is 16.1. The van der Waals surface area contributed by atoms with Crippen LogP contribution in [0.15, 0.2) is 0 Å². The number of hydrogen-bond donors (Lipinski definition) is 2. The van der Waals surface area contributed by atoms with Gasteiger partial charge in [0.05, 0.1) is 0 Å². The van der Waals surface area contributed by atoms with Crippen LogP contribution < -0.4 is 10.6 Å². The highest BCUT2D eigenvalue weighted by Gasteiger charge is 2.22. The predicted octanol–water partition coefficient (Wildman–Crippen LogP) is 1.68. The summed E-state index contributed by atoms with van der Waals surface area (Å²) in [5, 5.41) is 6.41. The standard InChI is InChI=1S/C12H24N2O/c1-4-12(2,3)8-11(15)14-10-6-5-7-13-9-10/h10,13H,4-9H2,1-3H3,(H,14,15)/t10-/m1/s1. The lowest BCUT2D eigenvalue weighted by atomic mass is 9.86. The van der Waals surface area contributed by atoms with Crippen molar-refractivity contribution in [2.75, 3.05) is 13.1 Å². The molecule has 3 nitrogen and oxygen atoms in total. The molecule has 1 aliphatic heterocycles. The molecule has 0 bridgehead atoms. The normalized spacial score (nSPS) is 22.5. The first kappa shape index (κ1) is 12.5. The third-order valence-corrected chi connectivity index (χ3v) is 3.26. The van der Waals surface area contributed by atoms with Crippen molar-refractivity contribution < 1.29 is 4.79 Å². The fraction of sp³-hybridized carbons (Fsp3) is 0.917. The van der Waals surface area contributed by atoms with E-state index in [2.05, 4.69) is 31.4 Å². The van der Waals surface area contributed by atoms with Crippen LogP contribution in [0.25, 0.3) is 0 Å². The average molecular weight is 212 g/mol. The molecule has 88 valence electrons. The van der Waals surface area contributed by atoms with E-state index in [1.54, 1.807) is 0 Å². The molecule has 0 radical (unpaired) electrons. The predicted molar refractivity (Wildman–Crippen MR) is 62.7 cm³/mol. The van der Waals surface area contributed by atoms with E-state index in [-0.39, 0.29) is 11.3 Å². The van der Waals surface area contributed by atoms with Crippen molar-refractivity contribution in [3.63, 3.8) is 0 Å². The van der Waals surface area contributed by atoms with Crippen LogP contribution in [0.1, 0.15) is 46.5 Å². The summed E-state index contributed by atoms with van der Waals surface area (Å²) in [5.41, 5.74) is 0.131. The summed E-state index contributed by atoms with van der Waals surface area (Å²) in [4.78, 5) is 11.7. The summed E-state index contributed by atoms with van der Waals surface area (Å²) in [7, 11) is 0. The van der Waals surface area contributed by atoms with E-state index in [9.17, 15) is 4.79 Å². The molecule has 0 aromatic rings. The van der Waals surface area contributed by atoms with Gasteiger partial charge in [-0.2, -0.15) is 0 Å². The van der Waals surface area contributed by atoms with E-state index in [1.807, 2.05) is 0 Å². The molecule has 1 fully saturated rings. The van der Waals surface area contributed by atoms with Gasteiger partial charge in [-0.3, -0.25) is 4.79 Å². The molecule has 1 amide bonds. The van der Waals surface area contributed by atoms with Gasteiger partial charge in [-0.05, 0) is 24.8 Å². The average Bonchev–Trinajstić information content (AvgIpc) is 2.18. The van der Waals surface area contributed by atoms with E-state index in [4.69, 9.17) is 0 Å². The quantitative estimate of drug-likeness (QED) is 0.744. The molecular weight excluding hydrogens is 188 g/mol. The Morgan fingerprint density at radius 3 is 2.80 bits per heavy atom. The SMILES string of the molecule is CCC(C)(C)CC(=O)N[C@@H]1CCCNC1. The number of carbonyl (C=O) groups is 1. The van der Waals surface area contributed by atoms with Gasteiger partial charge in [-0.15, -0.1) is 0 Å². The van der Waals surface area contributed by atoms with Crippen molar-refractivity contribution in [1.82, 2.24) is 10.6 Å². The van der Waals surface area contributed by atoms with Gasteiger partial charge >= 0.3 is 0 Å². The maximum Gasteiger partial charge on any atom is 0.220 e. The topological polar surface area (TPSA) is 41.1 Å². The first-order valence-electron chi connectivity index (χ1n) is 6.03. The summed E-state index contributed by atoms with van der Waals surface area (Å²) in [6.45, 7) is 8.44. The monoisotopic (exact) mass is 212 g/mol. The van der Waals surface area contributed by atoms with Crippen molar-refractivity contribution >= 4 is 5.91 Å². The Bertz CT molecular complexity index is 208. The number of hydrogen-bond acceptors (Lipinski definition) is 2. The zero-order valence-electron chi connectivity index (χ0n) is 10.2. The molecule has 1 saturated heterocycles. The van der Waals surface area contributed by atoms with E-state index in [0.717, 1.165) is 25.9 Å². The van der Waals surface area contributed by atoms with Crippen LogP contribution in [-0.2, 0) is 4.79 Å². The van der Waals surface area contributed by atoms with Gasteiger partial charge in [0.1, 0.15) is 0 Å². The third-order valence-electron chi connectivity index (χ3n) is 3.26. The van der Waals surface area contributed by atoms with Crippen LogP contribution in [-0.4, -0.2) is 25.0 Å². The maximum atomic E-state index is 11.7. The highest BCUT2D eigenvalue weighted by Crippen LogP contribution is 2.24. The molecule has 0 aromatic carbocycles. The van der Waals surface area contributed by atoms with E-state index in [1.165, 1.54) is 6.42 Å². The van der Waals surface area contributed by atoms with E-state index >= 15 is 0 Å². The molecule has 0 aromatic heterocycles. The van der Waals surface area contributed by atoms with Gasteiger partial charge in [0, 0.05) is 19.0 Å². The molecule has 0 unspecified atom stereocenters. The molecule has 0 spiro atoms. The lowest BCUT2D eigenvalue weighted by molar-refractivity contribution is -0.123. The second-order valence-corrected chi connectivity index (χ2v) is 5.31. The van der Waals surface area contributed by atoms with Gasteiger partial charge in [-0.1, -0.05) is 27.2 Å². The van der Waals surface area contributed by atoms with Crippen molar-refractivity contribution in [3.8, 4) is 0 Å². The minimum atomic E-state index is 0.131. The molecule has 1 aliphatic rings. The molecule has 1 atom stereocenters. The van der Waals surface area contributed by atoms with E-state index < -0.39 is 0 Å². The molecule has 2 N–H and O–H groups in total. The molecule has 0 saturated carbocycles. The largest absolute Gasteiger partial charge is 0.352 e. The van der Waals surface area contributed by atoms with Gasteiger partial charge in [-0.25, -0.2) is 0 Å². The molecule has 1 rings (SSSR count). The van der Waals surface area contributed by atoms with Gasteiger partial charge < -0.3 is 10.6 Å². The Morgan fingerprint density at radius 1 is 1.53 bits per heavy atom. The van der Waals surface area contributed by atoms with Crippen LogP contribution in [0.5, 0.6) is 0 Å².